The first-order chi connectivity index (χ1) is 9.31. The summed E-state index contributed by atoms with van der Waals surface area (Å²) in [4.78, 5) is 4.30. The number of aromatic nitrogens is 1. The second kappa shape index (κ2) is 6.85. The summed E-state index contributed by atoms with van der Waals surface area (Å²) < 4.78 is 19.0. The van der Waals surface area contributed by atoms with Gasteiger partial charge in [0.25, 0.3) is 0 Å². The molecule has 0 aliphatic rings. The van der Waals surface area contributed by atoms with Gasteiger partial charge in [0.2, 0.25) is 0 Å². The van der Waals surface area contributed by atoms with Crippen LogP contribution in [0.2, 0.25) is 0 Å². The average Bonchev–Trinajstić information content (AvgIpc) is 2.46. The third-order valence-corrected chi connectivity index (χ3v) is 2.90. The van der Waals surface area contributed by atoms with E-state index in [1.54, 1.807) is 24.4 Å². The SMILES string of the molecule is NCCC(COc1ccccc1F)c1ccccn1. The van der Waals surface area contributed by atoms with Gasteiger partial charge in [-0.2, -0.15) is 0 Å². The molecule has 0 fully saturated rings. The summed E-state index contributed by atoms with van der Waals surface area (Å²) in [5.41, 5.74) is 6.53. The summed E-state index contributed by atoms with van der Waals surface area (Å²) in [6, 6.07) is 12.1. The van der Waals surface area contributed by atoms with Crippen molar-refractivity contribution in [3.8, 4) is 5.75 Å². The highest BCUT2D eigenvalue weighted by molar-refractivity contribution is 5.24. The Hall–Kier alpha value is -1.94. The number of rotatable bonds is 6. The quantitative estimate of drug-likeness (QED) is 0.868. The van der Waals surface area contributed by atoms with E-state index in [0.717, 1.165) is 12.1 Å². The van der Waals surface area contributed by atoms with Crippen molar-refractivity contribution in [3.63, 3.8) is 0 Å². The van der Waals surface area contributed by atoms with Crippen molar-refractivity contribution in [2.24, 2.45) is 5.73 Å². The average molecular weight is 260 g/mol. The molecule has 19 heavy (non-hydrogen) atoms. The Labute approximate surface area is 112 Å². The van der Waals surface area contributed by atoms with Crippen LogP contribution in [0, 0.1) is 5.82 Å². The lowest BCUT2D eigenvalue weighted by Gasteiger charge is -2.16. The van der Waals surface area contributed by atoms with Crippen molar-refractivity contribution < 1.29 is 9.13 Å². The highest BCUT2D eigenvalue weighted by atomic mass is 19.1. The van der Waals surface area contributed by atoms with Crippen LogP contribution in [-0.2, 0) is 0 Å². The highest BCUT2D eigenvalue weighted by Crippen LogP contribution is 2.21. The summed E-state index contributed by atoms with van der Waals surface area (Å²) in [6.45, 7) is 0.914. The van der Waals surface area contributed by atoms with Crippen LogP contribution in [0.5, 0.6) is 5.75 Å². The van der Waals surface area contributed by atoms with Crippen LogP contribution >= 0.6 is 0 Å². The molecule has 3 nitrogen and oxygen atoms in total. The number of nitrogens with zero attached hydrogens (tertiary/aromatic N) is 1. The van der Waals surface area contributed by atoms with E-state index < -0.39 is 0 Å². The fourth-order valence-electron chi connectivity index (χ4n) is 1.89. The lowest BCUT2D eigenvalue weighted by atomic mass is 10.0. The number of hydrogen-bond donors (Lipinski definition) is 1. The molecule has 1 heterocycles. The molecule has 2 N–H and O–H groups in total. The Morgan fingerprint density at radius 3 is 2.63 bits per heavy atom. The standard InChI is InChI=1S/C15H17FN2O/c16-13-5-1-2-7-15(13)19-11-12(8-9-17)14-6-3-4-10-18-14/h1-7,10,12H,8-9,11,17H2. The van der Waals surface area contributed by atoms with Gasteiger partial charge in [0.1, 0.15) is 0 Å². The number of benzene rings is 1. The minimum atomic E-state index is -0.352. The van der Waals surface area contributed by atoms with E-state index in [-0.39, 0.29) is 17.5 Å². The zero-order chi connectivity index (χ0) is 13.5. The van der Waals surface area contributed by atoms with E-state index in [0.29, 0.717) is 13.2 Å². The van der Waals surface area contributed by atoms with Gasteiger partial charge in [0.15, 0.2) is 11.6 Å². The van der Waals surface area contributed by atoms with Gasteiger partial charge in [-0.3, -0.25) is 4.98 Å². The molecule has 1 aromatic heterocycles. The lowest BCUT2D eigenvalue weighted by Crippen LogP contribution is -2.16. The molecule has 0 spiro atoms. The Morgan fingerprint density at radius 2 is 1.95 bits per heavy atom. The van der Waals surface area contributed by atoms with E-state index in [9.17, 15) is 4.39 Å². The van der Waals surface area contributed by atoms with Crippen LogP contribution in [-0.4, -0.2) is 18.1 Å². The third kappa shape index (κ3) is 3.76. The Bertz CT molecular complexity index is 505. The molecule has 0 radical (unpaired) electrons. The zero-order valence-corrected chi connectivity index (χ0v) is 10.6. The van der Waals surface area contributed by atoms with Crippen LogP contribution in [0.1, 0.15) is 18.0 Å². The van der Waals surface area contributed by atoms with E-state index in [2.05, 4.69) is 4.98 Å². The van der Waals surface area contributed by atoms with Crippen molar-refractivity contribution in [3.05, 3.63) is 60.2 Å². The zero-order valence-electron chi connectivity index (χ0n) is 10.6. The Balaban J connectivity index is 2.04. The minimum absolute atomic E-state index is 0.0748. The molecule has 2 rings (SSSR count). The number of nitrogens with two attached hydrogens (primary N) is 1. The van der Waals surface area contributed by atoms with Crippen LogP contribution in [0.3, 0.4) is 0 Å². The normalized spacial score (nSPS) is 12.1. The minimum Gasteiger partial charge on any atom is -0.490 e. The van der Waals surface area contributed by atoms with Crippen LogP contribution in [0.4, 0.5) is 4.39 Å². The first-order valence-electron chi connectivity index (χ1n) is 6.29. The molecule has 0 amide bonds. The van der Waals surface area contributed by atoms with E-state index in [1.807, 2.05) is 18.2 Å². The maximum Gasteiger partial charge on any atom is 0.165 e. The molecule has 0 aliphatic heterocycles. The van der Waals surface area contributed by atoms with Gasteiger partial charge in [-0.1, -0.05) is 18.2 Å². The first kappa shape index (κ1) is 13.5. The molecule has 1 aromatic carbocycles. The summed E-state index contributed by atoms with van der Waals surface area (Å²) in [7, 11) is 0. The van der Waals surface area contributed by atoms with E-state index in [4.69, 9.17) is 10.5 Å². The van der Waals surface area contributed by atoms with Gasteiger partial charge >= 0.3 is 0 Å². The van der Waals surface area contributed by atoms with E-state index >= 15 is 0 Å². The predicted molar refractivity (Wildman–Crippen MR) is 72.5 cm³/mol. The molecule has 0 saturated carbocycles. The second-order valence-corrected chi connectivity index (χ2v) is 4.27. The predicted octanol–water partition coefficient (Wildman–Crippen LogP) is 2.73. The van der Waals surface area contributed by atoms with Crippen molar-refractivity contribution >= 4 is 0 Å². The summed E-state index contributed by atoms with van der Waals surface area (Å²) in [5, 5.41) is 0. The molecule has 0 bridgehead atoms. The molecule has 2 aromatic rings. The van der Waals surface area contributed by atoms with Gasteiger partial charge in [-0.15, -0.1) is 0 Å². The van der Waals surface area contributed by atoms with Gasteiger partial charge in [-0.25, -0.2) is 4.39 Å². The molecule has 100 valence electrons. The molecule has 0 saturated heterocycles. The number of ether oxygens (including phenoxy) is 1. The van der Waals surface area contributed by atoms with Gasteiger partial charge in [0, 0.05) is 17.8 Å². The Kier molecular flexibility index (Phi) is 4.86. The number of pyridine rings is 1. The lowest BCUT2D eigenvalue weighted by molar-refractivity contribution is 0.268. The molecular weight excluding hydrogens is 243 g/mol. The second-order valence-electron chi connectivity index (χ2n) is 4.27. The van der Waals surface area contributed by atoms with Crippen LogP contribution < -0.4 is 10.5 Å². The molecule has 1 atom stereocenters. The molecule has 1 unspecified atom stereocenters. The van der Waals surface area contributed by atoms with Crippen LogP contribution in [0.15, 0.2) is 48.7 Å². The summed E-state index contributed by atoms with van der Waals surface area (Å²) >= 11 is 0. The monoisotopic (exact) mass is 260 g/mol. The van der Waals surface area contributed by atoms with Gasteiger partial charge in [-0.05, 0) is 37.2 Å². The highest BCUT2D eigenvalue weighted by Gasteiger charge is 2.13. The van der Waals surface area contributed by atoms with Gasteiger partial charge < -0.3 is 10.5 Å². The first-order valence-corrected chi connectivity index (χ1v) is 6.29. The summed E-state index contributed by atoms with van der Waals surface area (Å²) in [6.07, 6.45) is 2.49. The van der Waals surface area contributed by atoms with Gasteiger partial charge in [0.05, 0.1) is 6.61 Å². The smallest absolute Gasteiger partial charge is 0.165 e. The number of para-hydroxylation sites is 1. The van der Waals surface area contributed by atoms with Crippen molar-refractivity contribution in [2.75, 3.05) is 13.2 Å². The molecule has 4 heteroatoms. The van der Waals surface area contributed by atoms with Crippen molar-refractivity contribution in [1.82, 2.24) is 4.98 Å². The van der Waals surface area contributed by atoms with E-state index in [1.165, 1.54) is 6.07 Å². The maximum atomic E-state index is 13.5. The topological polar surface area (TPSA) is 48.1 Å². The largest absolute Gasteiger partial charge is 0.490 e. The number of hydrogen-bond acceptors (Lipinski definition) is 3. The van der Waals surface area contributed by atoms with Crippen molar-refractivity contribution in [1.29, 1.82) is 0 Å². The summed E-state index contributed by atoms with van der Waals surface area (Å²) in [5.74, 6) is -0.0127. The Morgan fingerprint density at radius 1 is 1.16 bits per heavy atom. The maximum absolute atomic E-state index is 13.5. The number of halogens is 1. The fourth-order valence-corrected chi connectivity index (χ4v) is 1.89. The van der Waals surface area contributed by atoms with Crippen molar-refractivity contribution in [2.45, 2.75) is 12.3 Å². The third-order valence-electron chi connectivity index (χ3n) is 2.90. The fraction of sp³-hybridized carbons (Fsp3) is 0.267. The molecular formula is C15H17FN2O. The molecule has 0 aliphatic carbocycles. The van der Waals surface area contributed by atoms with Crippen LogP contribution in [0.25, 0.3) is 0 Å².